The van der Waals surface area contributed by atoms with Gasteiger partial charge in [-0.3, -0.25) is 4.79 Å². The van der Waals surface area contributed by atoms with Crippen molar-refractivity contribution in [3.05, 3.63) is 70.6 Å². The second kappa shape index (κ2) is 5.82. The van der Waals surface area contributed by atoms with Gasteiger partial charge in [-0.05, 0) is 34.6 Å². The largest absolute Gasteiger partial charge is 0.293 e. The maximum atomic E-state index is 12.4. The number of rotatable bonds is 4. The highest BCUT2D eigenvalue weighted by Crippen LogP contribution is 2.26. The van der Waals surface area contributed by atoms with E-state index >= 15 is 0 Å². The molecule has 1 nitrogen and oxygen atoms in total. The van der Waals surface area contributed by atoms with Gasteiger partial charge in [0, 0.05) is 11.1 Å². The van der Waals surface area contributed by atoms with E-state index in [1.807, 2.05) is 18.2 Å². The molecule has 0 N–H and O–H groups in total. The number of Topliss-reactive ketones (excluding diaryl/α,β-unsaturated/α-hetero) is 1. The summed E-state index contributed by atoms with van der Waals surface area (Å²) in [5, 5.41) is 1.15. The molecule has 21 heavy (non-hydrogen) atoms. The van der Waals surface area contributed by atoms with E-state index in [1.54, 1.807) is 11.3 Å². The van der Waals surface area contributed by atoms with Crippen LogP contribution in [-0.4, -0.2) is 5.78 Å². The van der Waals surface area contributed by atoms with Crippen LogP contribution in [-0.2, 0) is 6.42 Å². The first-order valence-electron chi connectivity index (χ1n) is 7.24. The predicted molar refractivity (Wildman–Crippen MR) is 90.4 cm³/mol. The van der Waals surface area contributed by atoms with Crippen molar-refractivity contribution in [1.82, 2.24) is 0 Å². The van der Waals surface area contributed by atoms with E-state index in [4.69, 9.17) is 0 Å². The average molecular weight is 294 g/mol. The predicted octanol–water partition coefficient (Wildman–Crippen LogP) is 5.45. The summed E-state index contributed by atoms with van der Waals surface area (Å²) < 4.78 is 1.18. The molecule has 0 aliphatic carbocycles. The van der Waals surface area contributed by atoms with Crippen molar-refractivity contribution in [2.75, 3.05) is 0 Å². The summed E-state index contributed by atoms with van der Waals surface area (Å²) in [5.74, 6) is 0.728. The zero-order valence-corrected chi connectivity index (χ0v) is 13.1. The quantitative estimate of drug-likeness (QED) is 0.585. The van der Waals surface area contributed by atoms with Crippen molar-refractivity contribution < 1.29 is 4.79 Å². The van der Waals surface area contributed by atoms with E-state index in [9.17, 15) is 4.79 Å². The molecule has 0 atom stereocenters. The highest BCUT2D eigenvalue weighted by molar-refractivity contribution is 7.20. The maximum Gasteiger partial charge on any atom is 0.177 e. The van der Waals surface area contributed by atoms with Crippen LogP contribution in [0.5, 0.6) is 0 Å². The summed E-state index contributed by atoms with van der Waals surface area (Å²) in [7, 11) is 0. The Balaban J connectivity index is 1.79. The first-order valence-corrected chi connectivity index (χ1v) is 8.06. The first-order chi connectivity index (χ1) is 10.1. The molecule has 3 aromatic rings. The van der Waals surface area contributed by atoms with Crippen LogP contribution < -0.4 is 0 Å². The van der Waals surface area contributed by atoms with Crippen LogP contribution >= 0.6 is 11.3 Å². The number of carbonyl (C=O) groups excluding carboxylic acids is 1. The molecular weight excluding hydrogens is 276 g/mol. The summed E-state index contributed by atoms with van der Waals surface area (Å²) in [5.41, 5.74) is 2.40. The van der Waals surface area contributed by atoms with Crippen molar-refractivity contribution >= 4 is 27.2 Å². The van der Waals surface area contributed by atoms with Crippen LogP contribution in [0.2, 0.25) is 0 Å². The molecule has 0 spiro atoms. The minimum absolute atomic E-state index is 0.202. The number of fused-ring (bicyclic) bond motifs is 1. The smallest absolute Gasteiger partial charge is 0.177 e. The van der Waals surface area contributed by atoms with Crippen LogP contribution in [0.25, 0.3) is 10.1 Å². The third-order valence-electron chi connectivity index (χ3n) is 3.71. The van der Waals surface area contributed by atoms with Gasteiger partial charge in [0.15, 0.2) is 5.78 Å². The minimum Gasteiger partial charge on any atom is -0.293 e. The van der Waals surface area contributed by atoms with E-state index in [-0.39, 0.29) is 5.78 Å². The molecule has 2 aromatic carbocycles. The molecular formula is C19H18OS. The molecule has 0 amide bonds. The van der Waals surface area contributed by atoms with E-state index in [0.29, 0.717) is 12.3 Å². The molecule has 2 heteroatoms. The molecule has 0 fully saturated rings. The van der Waals surface area contributed by atoms with Crippen molar-refractivity contribution in [3.63, 3.8) is 0 Å². The normalized spacial score (nSPS) is 11.2. The number of hydrogen-bond donors (Lipinski definition) is 0. The maximum absolute atomic E-state index is 12.4. The standard InChI is InChI=1S/C19H18OS/c1-13(2)15-9-7-14(8-10-15)11-17(20)19-12-16-5-3-4-6-18(16)21-19/h3-10,12-13H,11H2,1-2H3. The Hall–Kier alpha value is -1.93. The Bertz CT molecular complexity index is 733. The van der Waals surface area contributed by atoms with Gasteiger partial charge in [-0.1, -0.05) is 56.3 Å². The first kappa shape index (κ1) is 14.0. The van der Waals surface area contributed by atoms with E-state index < -0.39 is 0 Å². The van der Waals surface area contributed by atoms with Gasteiger partial charge < -0.3 is 0 Å². The van der Waals surface area contributed by atoms with Crippen LogP contribution in [0, 0.1) is 0 Å². The Morgan fingerprint density at radius 1 is 1.05 bits per heavy atom. The number of benzene rings is 2. The number of thiophene rings is 1. The van der Waals surface area contributed by atoms with Crippen LogP contribution in [0.15, 0.2) is 54.6 Å². The average Bonchev–Trinajstić information content (AvgIpc) is 2.92. The van der Waals surface area contributed by atoms with Gasteiger partial charge in [-0.2, -0.15) is 0 Å². The van der Waals surface area contributed by atoms with Crippen molar-refractivity contribution in [2.24, 2.45) is 0 Å². The van der Waals surface area contributed by atoms with Crippen LogP contribution in [0.4, 0.5) is 0 Å². The lowest BCUT2D eigenvalue weighted by Gasteiger charge is -2.06. The minimum atomic E-state index is 0.202. The fourth-order valence-corrected chi connectivity index (χ4v) is 3.41. The van der Waals surface area contributed by atoms with Gasteiger partial charge in [-0.25, -0.2) is 0 Å². The Morgan fingerprint density at radius 2 is 1.76 bits per heavy atom. The second-order valence-electron chi connectivity index (χ2n) is 5.64. The molecule has 0 unspecified atom stereocenters. The third-order valence-corrected chi connectivity index (χ3v) is 4.87. The van der Waals surface area contributed by atoms with E-state index in [0.717, 1.165) is 15.8 Å². The van der Waals surface area contributed by atoms with Gasteiger partial charge >= 0.3 is 0 Å². The lowest BCUT2D eigenvalue weighted by atomic mass is 10.00. The molecule has 106 valence electrons. The molecule has 0 aliphatic heterocycles. The monoisotopic (exact) mass is 294 g/mol. The topological polar surface area (TPSA) is 17.1 Å². The Kier molecular flexibility index (Phi) is 3.89. The molecule has 0 saturated heterocycles. The van der Waals surface area contributed by atoms with Gasteiger partial charge in [-0.15, -0.1) is 11.3 Å². The summed E-state index contributed by atoms with van der Waals surface area (Å²) in [6.45, 7) is 4.36. The van der Waals surface area contributed by atoms with Crippen LogP contribution in [0.3, 0.4) is 0 Å². The zero-order valence-electron chi connectivity index (χ0n) is 12.3. The molecule has 0 bridgehead atoms. The van der Waals surface area contributed by atoms with E-state index in [1.165, 1.54) is 10.3 Å². The Labute approximate surface area is 129 Å². The van der Waals surface area contributed by atoms with Gasteiger partial charge in [0.25, 0.3) is 0 Å². The summed E-state index contributed by atoms with van der Waals surface area (Å²) in [6, 6.07) is 18.5. The molecule has 0 radical (unpaired) electrons. The van der Waals surface area contributed by atoms with Gasteiger partial charge in [0.05, 0.1) is 4.88 Å². The number of ketones is 1. The number of carbonyl (C=O) groups is 1. The van der Waals surface area contributed by atoms with Crippen molar-refractivity contribution in [2.45, 2.75) is 26.2 Å². The highest BCUT2D eigenvalue weighted by Gasteiger charge is 2.11. The number of hydrogen-bond acceptors (Lipinski definition) is 2. The molecule has 1 aromatic heterocycles. The van der Waals surface area contributed by atoms with Crippen molar-refractivity contribution in [1.29, 1.82) is 0 Å². The van der Waals surface area contributed by atoms with E-state index in [2.05, 4.69) is 50.2 Å². The lowest BCUT2D eigenvalue weighted by molar-refractivity contribution is 0.0997. The summed E-state index contributed by atoms with van der Waals surface area (Å²) >= 11 is 1.58. The summed E-state index contributed by atoms with van der Waals surface area (Å²) in [4.78, 5) is 13.3. The van der Waals surface area contributed by atoms with Crippen LogP contribution in [0.1, 0.15) is 40.6 Å². The van der Waals surface area contributed by atoms with Gasteiger partial charge in [0.1, 0.15) is 0 Å². The fourth-order valence-electron chi connectivity index (χ4n) is 2.41. The van der Waals surface area contributed by atoms with Crippen molar-refractivity contribution in [3.8, 4) is 0 Å². The highest BCUT2D eigenvalue weighted by atomic mass is 32.1. The molecule has 1 heterocycles. The zero-order chi connectivity index (χ0) is 14.8. The lowest BCUT2D eigenvalue weighted by Crippen LogP contribution is -2.01. The Morgan fingerprint density at radius 3 is 2.43 bits per heavy atom. The SMILES string of the molecule is CC(C)c1ccc(CC(=O)c2cc3ccccc3s2)cc1. The fraction of sp³-hybridized carbons (Fsp3) is 0.211. The molecule has 0 aliphatic rings. The van der Waals surface area contributed by atoms with Gasteiger partial charge in [0.2, 0.25) is 0 Å². The second-order valence-corrected chi connectivity index (χ2v) is 6.73. The molecule has 0 saturated carbocycles. The summed E-state index contributed by atoms with van der Waals surface area (Å²) in [6.07, 6.45) is 0.477. The molecule has 3 rings (SSSR count). The third kappa shape index (κ3) is 3.06.